The molecule has 29 heavy (non-hydrogen) atoms. The molecule has 4 aromatic rings. The molecule has 5 rings (SSSR count). The van der Waals surface area contributed by atoms with Gasteiger partial charge in [-0.3, -0.25) is 0 Å². The van der Waals surface area contributed by atoms with Crippen LogP contribution in [0.15, 0.2) is 48.8 Å². The van der Waals surface area contributed by atoms with Crippen LogP contribution in [0.2, 0.25) is 0 Å². The Labute approximate surface area is 167 Å². The van der Waals surface area contributed by atoms with E-state index in [0.29, 0.717) is 12.2 Å². The fourth-order valence-corrected chi connectivity index (χ4v) is 4.49. The fourth-order valence-electron chi connectivity index (χ4n) is 4.49. The lowest BCUT2D eigenvalue weighted by Gasteiger charge is -2.22. The number of carbonyl (C=O) groups is 1. The maximum Gasteiger partial charge on any atom is 0.338 e. The van der Waals surface area contributed by atoms with Gasteiger partial charge in [-0.15, -0.1) is 0 Å². The highest BCUT2D eigenvalue weighted by Crippen LogP contribution is 2.42. The molecule has 0 aliphatic heterocycles. The van der Waals surface area contributed by atoms with Crippen molar-refractivity contribution in [2.24, 2.45) is 0 Å². The molecule has 3 aromatic carbocycles. The van der Waals surface area contributed by atoms with Gasteiger partial charge in [-0.25, -0.2) is 14.8 Å². The minimum absolute atomic E-state index is 0.0544. The summed E-state index contributed by atoms with van der Waals surface area (Å²) in [6, 6.07) is 12.3. The summed E-state index contributed by atoms with van der Waals surface area (Å²) < 4.78 is 0. The van der Waals surface area contributed by atoms with Crippen molar-refractivity contribution >= 4 is 27.5 Å². The number of nitrogens with zero attached hydrogens (tertiary/aromatic N) is 2. The highest BCUT2D eigenvalue weighted by Gasteiger charge is 2.21. The number of hydrogen-bond donors (Lipinski definition) is 2. The predicted molar refractivity (Wildman–Crippen MR) is 112 cm³/mol. The Morgan fingerprint density at radius 1 is 0.931 bits per heavy atom. The molecule has 2 N–H and O–H groups in total. The predicted octanol–water partition coefficient (Wildman–Crippen LogP) is 4.66. The van der Waals surface area contributed by atoms with E-state index < -0.39 is 5.97 Å². The van der Waals surface area contributed by atoms with Crippen molar-refractivity contribution in [1.82, 2.24) is 9.97 Å². The van der Waals surface area contributed by atoms with E-state index >= 15 is 0 Å². The van der Waals surface area contributed by atoms with Gasteiger partial charge in [0.1, 0.15) is 11.6 Å². The van der Waals surface area contributed by atoms with Crippen LogP contribution in [0, 0.1) is 0 Å². The van der Waals surface area contributed by atoms with E-state index in [9.17, 15) is 9.90 Å². The largest absolute Gasteiger partial charge is 0.507 e. The van der Waals surface area contributed by atoms with Gasteiger partial charge in [0.15, 0.2) is 0 Å². The molecular weight excluding hydrogens is 364 g/mol. The standard InChI is InChI=1S/C24H20N2O3/c27-23-19-8-4-3-7-17(19)18-10-9-14-5-1-2-6-16(14)22(18)20(23)11-21-25-12-15(13-26-21)24(28)29/h3-4,7-10,12-13,27H,1-2,5-6,11H2,(H,28,29). The topological polar surface area (TPSA) is 83.3 Å². The second-order valence-corrected chi connectivity index (χ2v) is 7.58. The zero-order valence-electron chi connectivity index (χ0n) is 15.9. The monoisotopic (exact) mass is 384 g/mol. The van der Waals surface area contributed by atoms with Gasteiger partial charge in [-0.2, -0.15) is 0 Å². The maximum absolute atomic E-state index is 11.2. The Kier molecular flexibility index (Phi) is 4.16. The Hall–Kier alpha value is -3.47. The molecule has 1 aliphatic carbocycles. The van der Waals surface area contributed by atoms with Crippen molar-refractivity contribution in [3.05, 3.63) is 76.9 Å². The summed E-state index contributed by atoms with van der Waals surface area (Å²) in [7, 11) is 0. The number of phenolic OH excluding ortho intramolecular Hbond substituents is 1. The van der Waals surface area contributed by atoms with Crippen LogP contribution in [-0.4, -0.2) is 26.2 Å². The van der Waals surface area contributed by atoms with E-state index in [4.69, 9.17) is 5.11 Å². The average molecular weight is 384 g/mol. The fraction of sp³-hybridized carbons (Fsp3) is 0.208. The Morgan fingerprint density at radius 2 is 1.66 bits per heavy atom. The molecular formula is C24H20N2O3. The van der Waals surface area contributed by atoms with Crippen LogP contribution in [0.4, 0.5) is 0 Å². The van der Waals surface area contributed by atoms with E-state index in [1.165, 1.54) is 29.9 Å². The van der Waals surface area contributed by atoms with Crippen molar-refractivity contribution in [3.63, 3.8) is 0 Å². The third kappa shape index (κ3) is 2.90. The first-order chi connectivity index (χ1) is 14.1. The highest BCUT2D eigenvalue weighted by atomic mass is 16.4. The van der Waals surface area contributed by atoms with Crippen molar-refractivity contribution in [2.75, 3.05) is 0 Å². The van der Waals surface area contributed by atoms with Crippen LogP contribution in [0.25, 0.3) is 21.5 Å². The molecule has 0 amide bonds. The smallest absolute Gasteiger partial charge is 0.338 e. The van der Waals surface area contributed by atoms with Crippen LogP contribution in [0.3, 0.4) is 0 Å². The molecule has 0 atom stereocenters. The second-order valence-electron chi connectivity index (χ2n) is 7.58. The van der Waals surface area contributed by atoms with Gasteiger partial charge >= 0.3 is 5.97 Å². The van der Waals surface area contributed by atoms with Crippen LogP contribution >= 0.6 is 0 Å². The molecule has 0 fully saturated rings. The molecule has 1 aliphatic rings. The third-order valence-corrected chi connectivity index (χ3v) is 5.88. The number of hydrogen-bond acceptors (Lipinski definition) is 4. The molecule has 0 saturated carbocycles. The Bertz CT molecular complexity index is 1260. The number of aryl methyl sites for hydroxylation is 2. The number of carboxylic acid groups (broad SMARTS) is 1. The number of aromatic carboxylic acids is 1. The molecule has 5 heteroatoms. The SMILES string of the molecule is O=C(O)c1cnc(Cc2c(O)c3ccccc3c3ccc4c(c23)CCCC4)nc1. The lowest BCUT2D eigenvalue weighted by Crippen LogP contribution is -2.07. The summed E-state index contributed by atoms with van der Waals surface area (Å²) in [5.41, 5.74) is 3.54. The van der Waals surface area contributed by atoms with Crippen LogP contribution in [-0.2, 0) is 19.3 Å². The third-order valence-electron chi connectivity index (χ3n) is 5.88. The molecule has 0 bridgehead atoms. The molecule has 0 radical (unpaired) electrons. The van der Waals surface area contributed by atoms with E-state index in [1.807, 2.05) is 18.2 Å². The summed E-state index contributed by atoms with van der Waals surface area (Å²) in [5, 5.41) is 24.4. The highest BCUT2D eigenvalue weighted by molar-refractivity contribution is 6.13. The molecule has 1 heterocycles. The summed E-state index contributed by atoms with van der Waals surface area (Å²) in [4.78, 5) is 19.6. The average Bonchev–Trinajstić information content (AvgIpc) is 2.76. The zero-order valence-corrected chi connectivity index (χ0v) is 15.9. The quantitative estimate of drug-likeness (QED) is 0.502. The normalized spacial score (nSPS) is 13.5. The van der Waals surface area contributed by atoms with Gasteiger partial charge in [0.2, 0.25) is 0 Å². The number of aromatic nitrogens is 2. The Morgan fingerprint density at radius 3 is 2.41 bits per heavy atom. The van der Waals surface area contributed by atoms with Crippen molar-refractivity contribution in [3.8, 4) is 5.75 Å². The van der Waals surface area contributed by atoms with E-state index in [2.05, 4.69) is 28.2 Å². The maximum atomic E-state index is 11.2. The number of phenols is 1. The van der Waals surface area contributed by atoms with Gasteiger partial charge in [-0.1, -0.05) is 36.4 Å². The van der Waals surface area contributed by atoms with Crippen LogP contribution in [0.5, 0.6) is 5.75 Å². The van der Waals surface area contributed by atoms with Crippen molar-refractivity contribution < 1.29 is 15.0 Å². The summed E-state index contributed by atoms with van der Waals surface area (Å²) in [6.45, 7) is 0. The minimum Gasteiger partial charge on any atom is -0.507 e. The number of rotatable bonds is 3. The van der Waals surface area contributed by atoms with Crippen molar-refractivity contribution in [2.45, 2.75) is 32.1 Å². The summed E-state index contributed by atoms with van der Waals surface area (Å²) in [5.74, 6) is -0.294. The lowest BCUT2D eigenvalue weighted by molar-refractivity contribution is 0.0696. The Balaban J connectivity index is 1.77. The van der Waals surface area contributed by atoms with Gasteiger partial charge < -0.3 is 10.2 Å². The summed E-state index contributed by atoms with van der Waals surface area (Å²) >= 11 is 0. The van der Waals surface area contributed by atoms with Crippen LogP contribution < -0.4 is 0 Å². The molecule has 0 unspecified atom stereocenters. The number of benzene rings is 3. The zero-order chi connectivity index (χ0) is 20.0. The van der Waals surface area contributed by atoms with Gasteiger partial charge in [0, 0.05) is 29.8 Å². The van der Waals surface area contributed by atoms with Gasteiger partial charge in [-0.05, 0) is 53.0 Å². The number of carboxylic acids is 1. The molecule has 144 valence electrons. The first kappa shape index (κ1) is 17.6. The lowest BCUT2D eigenvalue weighted by atomic mass is 9.83. The van der Waals surface area contributed by atoms with E-state index in [-0.39, 0.29) is 11.3 Å². The minimum atomic E-state index is -1.05. The first-order valence-corrected chi connectivity index (χ1v) is 9.84. The number of aromatic hydroxyl groups is 1. The van der Waals surface area contributed by atoms with Crippen molar-refractivity contribution in [1.29, 1.82) is 0 Å². The van der Waals surface area contributed by atoms with E-state index in [0.717, 1.165) is 46.4 Å². The first-order valence-electron chi connectivity index (χ1n) is 9.84. The molecule has 0 spiro atoms. The van der Waals surface area contributed by atoms with Gasteiger partial charge in [0.05, 0.1) is 5.56 Å². The van der Waals surface area contributed by atoms with Crippen LogP contribution in [0.1, 0.15) is 45.7 Å². The molecule has 5 nitrogen and oxygen atoms in total. The number of fused-ring (bicyclic) bond motifs is 5. The van der Waals surface area contributed by atoms with E-state index in [1.54, 1.807) is 0 Å². The van der Waals surface area contributed by atoms with Gasteiger partial charge in [0.25, 0.3) is 0 Å². The molecule has 1 aromatic heterocycles. The molecule has 0 saturated heterocycles. The summed E-state index contributed by atoms with van der Waals surface area (Å²) in [6.07, 6.45) is 7.37. The second kappa shape index (κ2) is 6.85.